The molecule has 0 aliphatic carbocycles. The first-order chi connectivity index (χ1) is 26.0. The fraction of sp³-hybridized carbons (Fsp3) is 0.348. The molecule has 2 heterocycles. The predicted molar refractivity (Wildman–Crippen MR) is 218 cm³/mol. The van der Waals surface area contributed by atoms with E-state index in [2.05, 4.69) is 39.8 Å². The zero-order valence-corrected chi connectivity index (χ0v) is 35.8. The van der Waals surface area contributed by atoms with Crippen LogP contribution in [-0.4, -0.2) is 9.13 Å². The third kappa shape index (κ3) is 14.0. The van der Waals surface area contributed by atoms with Gasteiger partial charge in [0.05, 0.1) is 0 Å². The first-order valence-corrected chi connectivity index (χ1v) is 19.6. The Labute approximate surface area is 351 Å². The molecule has 292 valence electrons. The molecule has 9 heteroatoms. The Kier molecular flexibility index (Phi) is 21.8. The Morgan fingerprint density at radius 2 is 0.927 bits per heavy atom. The van der Waals surface area contributed by atoms with Crippen molar-refractivity contribution >= 4 is 23.2 Å². The minimum atomic E-state index is -0.854. The van der Waals surface area contributed by atoms with Crippen LogP contribution in [0.4, 0.5) is 17.6 Å². The van der Waals surface area contributed by atoms with E-state index in [1.165, 1.54) is 12.1 Å². The summed E-state index contributed by atoms with van der Waals surface area (Å²) >= 11 is 11.6. The number of halogens is 6. The summed E-state index contributed by atoms with van der Waals surface area (Å²) in [5.41, 5.74) is 4.42. The van der Waals surface area contributed by atoms with E-state index in [9.17, 15) is 17.6 Å². The monoisotopic (exact) mass is 826 g/mol. The average molecular weight is 828 g/mol. The van der Waals surface area contributed by atoms with Gasteiger partial charge in [0, 0.05) is 46.0 Å². The van der Waals surface area contributed by atoms with Crippen molar-refractivity contribution < 1.29 is 39.3 Å². The number of rotatable bonds is 12. The number of benzene rings is 2. The topological polar surface area (TPSA) is 9.86 Å². The fourth-order valence-corrected chi connectivity index (χ4v) is 6.64. The van der Waals surface area contributed by atoms with Crippen LogP contribution in [-0.2, 0) is 21.7 Å². The zero-order chi connectivity index (χ0) is 39.6. The molecular weight excluding hydrogens is 775 g/mol. The summed E-state index contributed by atoms with van der Waals surface area (Å²) in [6.45, 7) is 12.4. The van der Waals surface area contributed by atoms with E-state index in [-0.39, 0.29) is 43.1 Å². The Bertz CT molecular complexity index is 1760. The maximum atomic E-state index is 14.2. The molecule has 0 bridgehead atoms. The summed E-state index contributed by atoms with van der Waals surface area (Å²) in [4.78, 5) is 0. The van der Waals surface area contributed by atoms with Crippen LogP contribution >= 0.6 is 23.2 Å². The molecule has 0 radical (unpaired) electrons. The van der Waals surface area contributed by atoms with Gasteiger partial charge in [0.2, 0.25) is 0 Å². The fourth-order valence-electron chi connectivity index (χ4n) is 6.34. The van der Waals surface area contributed by atoms with E-state index in [1.807, 2.05) is 108 Å². The van der Waals surface area contributed by atoms with Gasteiger partial charge in [-0.2, -0.15) is 59.6 Å². The second-order valence-corrected chi connectivity index (χ2v) is 14.0. The van der Waals surface area contributed by atoms with E-state index in [0.29, 0.717) is 11.8 Å². The summed E-state index contributed by atoms with van der Waals surface area (Å²) in [5.74, 6) is -2.45. The maximum Gasteiger partial charge on any atom is 4.00 e. The van der Waals surface area contributed by atoms with Gasteiger partial charge in [-0.05, 0) is 97.1 Å². The smallest absolute Gasteiger partial charge is 0.369 e. The van der Waals surface area contributed by atoms with E-state index in [4.69, 9.17) is 23.2 Å². The molecule has 0 N–H and O–H groups in total. The Balaban J connectivity index is 0.000000298. The first-order valence-electron chi connectivity index (χ1n) is 18.8. The number of hydrogen-bond donors (Lipinski definition) is 0. The van der Waals surface area contributed by atoms with E-state index < -0.39 is 23.3 Å². The van der Waals surface area contributed by atoms with E-state index >= 15 is 0 Å². The number of aromatic nitrogens is 2. The molecule has 6 rings (SSSR count). The van der Waals surface area contributed by atoms with Gasteiger partial charge < -0.3 is 9.13 Å². The maximum absolute atomic E-state index is 14.2. The van der Waals surface area contributed by atoms with Crippen LogP contribution in [0.25, 0.3) is 11.4 Å². The quantitative estimate of drug-likeness (QED) is 0.0503. The van der Waals surface area contributed by atoms with Gasteiger partial charge in [0.15, 0.2) is 0 Å². The molecule has 0 amide bonds. The Hall–Kier alpha value is -3.29. The van der Waals surface area contributed by atoms with Crippen LogP contribution in [0.15, 0.2) is 97.1 Å². The summed E-state index contributed by atoms with van der Waals surface area (Å²) in [5, 5.41) is -0.228. The Morgan fingerprint density at radius 1 is 0.582 bits per heavy atom. The molecule has 0 fully saturated rings. The van der Waals surface area contributed by atoms with Crippen molar-refractivity contribution in [1.29, 1.82) is 0 Å². The predicted octanol–water partition coefficient (Wildman–Crippen LogP) is 15.2. The average Bonchev–Trinajstić information content (AvgIpc) is 4.01. The van der Waals surface area contributed by atoms with Crippen LogP contribution in [0.3, 0.4) is 0 Å². The molecule has 2 unspecified atom stereocenters. The third-order valence-electron chi connectivity index (χ3n) is 9.27. The standard InChI is InChI=1S/2C18H21ClF2N.2C5H5.Ti/c2*1-4-6-7-13(5-2)17-9-8-12(3)22(17)18-10-14(19)15(20)11-16(18)21;2*1-2-4-5-3-1;/h2*8-10,13H,4-7H2,1-3H3;2*1-5H;/q4*-1;+4. The van der Waals surface area contributed by atoms with Crippen molar-refractivity contribution in [2.24, 2.45) is 0 Å². The second kappa shape index (κ2) is 25.1. The van der Waals surface area contributed by atoms with Gasteiger partial charge >= 0.3 is 21.7 Å². The minimum absolute atomic E-state index is 0. The van der Waals surface area contributed by atoms with Crippen LogP contribution < -0.4 is 0 Å². The molecule has 2 aromatic heterocycles. The Morgan fingerprint density at radius 3 is 1.20 bits per heavy atom. The first kappa shape index (κ1) is 47.9. The molecule has 0 saturated carbocycles. The largest absolute Gasteiger partial charge is 4.00 e. The molecule has 2 atom stereocenters. The van der Waals surface area contributed by atoms with Gasteiger partial charge in [-0.25, -0.2) is 41.8 Å². The molecule has 6 aromatic rings. The number of aryl methyl sites for hydroxylation is 2. The molecule has 0 aliphatic heterocycles. The molecule has 4 aromatic carbocycles. The van der Waals surface area contributed by atoms with Gasteiger partial charge in [-0.1, -0.05) is 53.4 Å². The minimum Gasteiger partial charge on any atom is -0.369 e. The van der Waals surface area contributed by atoms with Crippen LogP contribution in [0.5, 0.6) is 0 Å². The van der Waals surface area contributed by atoms with Crippen molar-refractivity contribution in [2.45, 2.75) is 105 Å². The van der Waals surface area contributed by atoms with Crippen LogP contribution in [0, 0.1) is 49.2 Å². The van der Waals surface area contributed by atoms with Crippen LogP contribution in [0.1, 0.15) is 114 Å². The number of nitrogens with zero attached hydrogens (tertiary/aromatic N) is 2. The summed E-state index contributed by atoms with van der Waals surface area (Å²) in [6.07, 6.45) is 8.56. The third-order valence-corrected chi connectivity index (χ3v) is 9.82. The van der Waals surface area contributed by atoms with Gasteiger partial charge in [-0.15, -0.1) is 24.3 Å². The van der Waals surface area contributed by atoms with E-state index in [0.717, 1.165) is 74.1 Å². The van der Waals surface area contributed by atoms with Crippen LogP contribution in [0.2, 0.25) is 10.0 Å². The molecule has 0 aliphatic rings. The number of unbranched alkanes of at least 4 members (excludes halogenated alkanes) is 2. The summed E-state index contributed by atoms with van der Waals surface area (Å²) < 4.78 is 58.8. The normalized spacial score (nSPS) is 11.6. The molecule has 0 spiro atoms. The SMILES string of the molecule is CCCCC(CC)c1ccc(C)n1-c1cc(Cl)c(F)[c-]c1F.CCCCC(CC)c1ccc(C)n1-c1cc(Cl)c(F)[c-]c1F.[Ti+4].c1cc[cH-]c1.c1cc[cH-]c1. The zero-order valence-electron chi connectivity index (χ0n) is 32.7. The van der Waals surface area contributed by atoms with Gasteiger partial charge in [0.25, 0.3) is 0 Å². The molecule has 0 saturated heterocycles. The van der Waals surface area contributed by atoms with Crippen molar-refractivity contribution in [3.05, 3.63) is 165 Å². The number of hydrogen-bond acceptors (Lipinski definition) is 0. The second-order valence-electron chi connectivity index (χ2n) is 13.2. The van der Waals surface area contributed by atoms with Crippen molar-refractivity contribution in [1.82, 2.24) is 9.13 Å². The molecular formula is C46H52Cl2F4N2Ti. The summed E-state index contributed by atoms with van der Waals surface area (Å²) in [7, 11) is 0. The molecule has 2 nitrogen and oxygen atoms in total. The summed E-state index contributed by atoms with van der Waals surface area (Å²) in [6, 6.07) is 34.8. The molecule has 55 heavy (non-hydrogen) atoms. The van der Waals surface area contributed by atoms with E-state index in [1.54, 1.807) is 0 Å². The van der Waals surface area contributed by atoms with Gasteiger partial charge in [-0.3, -0.25) is 0 Å². The van der Waals surface area contributed by atoms with Gasteiger partial charge in [0.1, 0.15) is 0 Å². The van der Waals surface area contributed by atoms with Crippen molar-refractivity contribution in [3.63, 3.8) is 0 Å². The van der Waals surface area contributed by atoms with Crippen molar-refractivity contribution in [3.8, 4) is 11.4 Å². The van der Waals surface area contributed by atoms with Crippen molar-refractivity contribution in [2.75, 3.05) is 0 Å².